The molecule has 0 aromatic heterocycles. The van der Waals surface area contributed by atoms with E-state index in [4.69, 9.17) is 5.73 Å². The van der Waals surface area contributed by atoms with Gasteiger partial charge in [0.2, 0.25) is 0 Å². The first kappa shape index (κ1) is 12.1. The van der Waals surface area contributed by atoms with Crippen LogP contribution in [0.4, 0.5) is 8.78 Å². The van der Waals surface area contributed by atoms with Gasteiger partial charge in [0.1, 0.15) is 0 Å². The third kappa shape index (κ3) is 2.75. The normalized spacial score (nSPS) is 13.9. The van der Waals surface area contributed by atoms with Gasteiger partial charge in [0.25, 0.3) is 5.92 Å². The zero-order valence-electron chi connectivity index (χ0n) is 9.13. The van der Waals surface area contributed by atoms with Crippen molar-refractivity contribution in [2.75, 3.05) is 6.54 Å². The van der Waals surface area contributed by atoms with Gasteiger partial charge in [-0.15, -0.1) is 0 Å². The fourth-order valence-electron chi connectivity index (χ4n) is 1.41. The monoisotopic (exact) mass is 213 g/mol. The second kappa shape index (κ2) is 4.71. The van der Waals surface area contributed by atoms with E-state index in [1.54, 1.807) is 12.1 Å². The van der Waals surface area contributed by atoms with Gasteiger partial charge in [0.05, 0.1) is 6.54 Å². The molecule has 0 amide bonds. The molecule has 0 saturated heterocycles. The first-order valence-corrected chi connectivity index (χ1v) is 5.19. The van der Waals surface area contributed by atoms with Crippen LogP contribution in [0.2, 0.25) is 0 Å². The molecule has 0 aliphatic heterocycles. The van der Waals surface area contributed by atoms with Gasteiger partial charge in [0.15, 0.2) is 0 Å². The van der Waals surface area contributed by atoms with E-state index in [1.807, 2.05) is 0 Å². The third-order valence-electron chi connectivity index (χ3n) is 2.77. The summed E-state index contributed by atoms with van der Waals surface area (Å²) in [6, 6.07) is 6.45. The summed E-state index contributed by atoms with van der Waals surface area (Å²) in [7, 11) is 0. The van der Waals surface area contributed by atoms with Crippen LogP contribution < -0.4 is 5.73 Å². The van der Waals surface area contributed by atoms with Gasteiger partial charge in [-0.05, 0) is 17.9 Å². The molecule has 84 valence electrons. The number of alkyl halides is 2. The summed E-state index contributed by atoms with van der Waals surface area (Å²) in [4.78, 5) is 0. The lowest BCUT2D eigenvalue weighted by molar-refractivity contribution is 0.00593. The van der Waals surface area contributed by atoms with Crippen LogP contribution in [0.1, 0.15) is 37.3 Å². The van der Waals surface area contributed by atoms with Gasteiger partial charge in [-0.3, -0.25) is 0 Å². The van der Waals surface area contributed by atoms with Crippen molar-refractivity contribution in [2.24, 2.45) is 5.73 Å². The Balaban J connectivity index is 2.90. The van der Waals surface area contributed by atoms with Crippen LogP contribution in [0, 0.1) is 0 Å². The van der Waals surface area contributed by atoms with E-state index in [-0.39, 0.29) is 5.56 Å². The lowest BCUT2D eigenvalue weighted by Gasteiger charge is -2.15. The summed E-state index contributed by atoms with van der Waals surface area (Å²) in [5.74, 6) is -2.50. The Hall–Kier alpha value is -0.960. The average molecular weight is 213 g/mol. The van der Waals surface area contributed by atoms with Crippen LogP contribution in [0.25, 0.3) is 0 Å². The Kier molecular flexibility index (Phi) is 3.80. The van der Waals surface area contributed by atoms with E-state index in [1.165, 1.54) is 12.1 Å². The number of rotatable bonds is 4. The second-order valence-corrected chi connectivity index (χ2v) is 3.84. The number of hydrogen-bond donors (Lipinski definition) is 1. The molecule has 0 heterocycles. The molecule has 1 atom stereocenters. The molecule has 2 N–H and O–H groups in total. The van der Waals surface area contributed by atoms with Crippen LogP contribution in [-0.2, 0) is 5.92 Å². The summed E-state index contributed by atoms with van der Waals surface area (Å²) >= 11 is 0. The molecule has 1 aromatic rings. The summed E-state index contributed by atoms with van der Waals surface area (Å²) in [5, 5.41) is 0. The van der Waals surface area contributed by atoms with E-state index < -0.39 is 12.5 Å². The van der Waals surface area contributed by atoms with Crippen molar-refractivity contribution in [3.8, 4) is 0 Å². The lowest BCUT2D eigenvalue weighted by atomic mass is 9.96. The van der Waals surface area contributed by atoms with Crippen molar-refractivity contribution in [1.82, 2.24) is 0 Å². The number of benzene rings is 1. The Bertz CT molecular complexity index is 306. The van der Waals surface area contributed by atoms with Crippen LogP contribution in [0.15, 0.2) is 24.3 Å². The molecule has 0 aliphatic carbocycles. The molecular formula is C12H17F2N. The van der Waals surface area contributed by atoms with Gasteiger partial charge in [0, 0.05) is 5.56 Å². The quantitative estimate of drug-likeness (QED) is 0.816. The fourth-order valence-corrected chi connectivity index (χ4v) is 1.41. The zero-order chi connectivity index (χ0) is 11.5. The number of hydrogen-bond acceptors (Lipinski definition) is 1. The third-order valence-corrected chi connectivity index (χ3v) is 2.77. The van der Waals surface area contributed by atoms with Crippen molar-refractivity contribution in [3.05, 3.63) is 35.4 Å². The van der Waals surface area contributed by atoms with Crippen LogP contribution in [0.5, 0.6) is 0 Å². The standard InChI is InChI=1S/C12H17F2N/c1-3-9(2)10-4-6-11(7-5-10)12(13,14)8-15/h4-7,9H,3,8,15H2,1-2H3. The maximum absolute atomic E-state index is 13.2. The topological polar surface area (TPSA) is 26.0 Å². The van der Waals surface area contributed by atoms with Crippen LogP contribution in [-0.4, -0.2) is 6.54 Å². The van der Waals surface area contributed by atoms with Crippen molar-refractivity contribution in [3.63, 3.8) is 0 Å². The molecule has 1 unspecified atom stereocenters. The van der Waals surface area contributed by atoms with Crippen molar-refractivity contribution < 1.29 is 8.78 Å². The molecule has 15 heavy (non-hydrogen) atoms. The highest BCUT2D eigenvalue weighted by molar-refractivity contribution is 5.27. The van der Waals surface area contributed by atoms with Gasteiger partial charge in [-0.2, -0.15) is 8.78 Å². The Morgan fingerprint density at radius 2 is 1.80 bits per heavy atom. The predicted molar refractivity (Wildman–Crippen MR) is 58.1 cm³/mol. The highest BCUT2D eigenvalue weighted by Crippen LogP contribution is 2.28. The molecule has 1 rings (SSSR count). The minimum absolute atomic E-state index is 0.00273. The van der Waals surface area contributed by atoms with E-state index >= 15 is 0 Å². The largest absolute Gasteiger partial charge is 0.325 e. The van der Waals surface area contributed by atoms with Crippen molar-refractivity contribution in [2.45, 2.75) is 32.1 Å². The average Bonchev–Trinajstić information content (AvgIpc) is 2.28. The van der Waals surface area contributed by atoms with Crippen molar-refractivity contribution >= 4 is 0 Å². The molecule has 0 bridgehead atoms. The molecule has 1 aromatic carbocycles. The highest BCUT2D eigenvalue weighted by Gasteiger charge is 2.29. The van der Waals surface area contributed by atoms with E-state index in [2.05, 4.69) is 13.8 Å². The van der Waals surface area contributed by atoms with E-state index in [0.29, 0.717) is 5.92 Å². The molecule has 3 heteroatoms. The Morgan fingerprint density at radius 3 is 2.20 bits per heavy atom. The Labute approximate surface area is 89.3 Å². The zero-order valence-corrected chi connectivity index (χ0v) is 9.13. The maximum Gasteiger partial charge on any atom is 0.285 e. The maximum atomic E-state index is 13.2. The molecule has 0 aliphatic rings. The fraction of sp³-hybridized carbons (Fsp3) is 0.500. The first-order chi connectivity index (χ1) is 7.01. The molecule has 0 spiro atoms. The van der Waals surface area contributed by atoms with Gasteiger partial charge >= 0.3 is 0 Å². The molecule has 0 saturated carbocycles. The van der Waals surface area contributed by atoms with Gasteiger partial charge < -0.3 is 5.73 Å². The van der Waals surface area contributed by atoms with Crippen molar-refractivity contribution in [1.29, 1.82) is 0 Å². The van der Waals surface area contributed by atoms with E-state index in [9.17, 15) is 8.78 Å². The highest BCUT2D eigenvalue weighted by atomic mass is 19.3. The molecule has 0 fully saturated rings. The SMILES string of the molecule is CCC(C)c1ccc(C(F)(F)CN)cc1. The van der Waals surface area contributed by atoms with Crippen LogP contribution >= 0.6 is 0 Å². The smallest absolute Gasteiger partial charge is 0.285 e. The first-order valence-electron chi connectivity index (χ1n) is 5.19. The summed E-state index contributed by atoms with van der Waals surface area (Å²) in [6.07, 6.45) is 1.01. The summed E-state index contributed by atoms with van der Waals surface area (Å²) in [6.45, 7) is 3.51. The lowest BCUT2D eigenvalue weighted by Crippen LogP contribution is -2.24. The molecule has 1 nitrogen and oxygen atoms in total. The summed E-state index contributed by atoms with van der Waals surface area (Å²) < 4.78 is 26.3. The number of nitrogens with two attached hydrogens (primary N) is 1. The predicted octanol–water partition coefficient (Wildman–Crippen LogP) is 3.25. The van der Waals surface area contributed by atoms with Crippen LogP contribution in [0.3, 0.4) is 0 Å². The Morgan fingerprint density at radius 1 is 1.27 bits per heavy atom. The second-order valence-electron chi connectivity index (χ2n) is 3.84. The molecular weight excluding hydrogens is 196 g/mol. The number of halogens is 2. The minimum atomic E-state index is -2.91. The van der Waals surface area contributed by atoms with Gasteiger partial charge in [-0.1, -0.05) is 38.1 Å². The minimum Gasteiger partial charge on any atom is -0.325 e. The van der Waals surface area contributed by atoms with E-state index in [0.717, 1.165) is 12.0 Å². The van der Waals surface area contributed by atoms with Gasteiger partial charge in [-0.25, -0.2) is 0 Å². The summed E-state index contributed by atoms with van der Waals surface area (Å²) in [5.41, 5.74) is 6.10. The molecule has 0 radical (unpaired) electrons.